The first-order chi connectivity index (χ1) is 15.7. The summed E-state index contributed by atoms with van der Waals surface area (Å²) < 4.78 is 14.7. The molecule has 0 radical (unpaired) electrons. The second-order valence-corrected chi connectivity index (χ2v) is 8.58. The lowest BCUT2D eigenvalue weighted by atomic mass is 10.0. The summed E-state index contributed by atoms with van der Waals surface area (Å²) in [5.74, 6) is -0.846. The number of fused-ring (bicyclic) bond motifs is 1. The first-order valence-corrected chi connectivity index (χ1v) is 10.8. The fourth-order valence-electron chi connectivity index (χ4n) is 3.85. The van der Waals surface area contributed by atoms with Gasteiger partial charge in [-0.2, -0.15) is 5.10 Å². The minimum atomic E-state index is -0.395. The van der Waals surface area contributed by atoms with Crippen molar-refractivity contribution in [2.24, 2.45) is 0 Å². The van der Waals surface area contributed by atoms with Crippen LogP contribution in [0.1, 0.15) is 65.6 Å². The van der Waals surface area contributed by atoms with E-state index in [1.807, 2.05) is 40.7 Å². The number of nitrogens with zero attached hydrogens (tertiary/aromatic N) is 3. The highest BCUT2D eigenvalue weighted by Crippen LogP contribution is 2.25. The van der Waals surface area contributed by atoms with Gasteiger partial charge in [-0.1, -0.05) is 26.0 Å². The number of amides is 1. The van der Waals surface area contributed by atoms with Crippen molar-refractivity contribution < 1.29 is 9.18 Å². The molecular formula is C25H26FN5O2. The van der Waals surface area contributed by atoms with Crippen LogP contribution in [-0.4, -0.2) is 25.5 Å². The Morgan fingerprint density at radius 2 is 1.85 bits per heavy atom. The van der Waals surface area contributed by atoms with Crippen molar-refractivity contribution in [3.8, 4) is 11.3 Å². The third-order valence-electron chi connectivity index (χ3n) is 5.82. The first-order valence-electron chi connectivity index (χ1n) is 10.8. The molecule has 1 aromatic carbocycles. The predicted octanol–water partition coefficient (Wildman–Crippen LogP) is 4.45. The van der Waals surface area contributed by atoms with E-state index in [1.54, 1.807) is 24.5 Å². The van der Waals surface area contributed by atoms with Gasteiger partial charge in [0.15, 0.2) is 5.69 Å². The van der Waals surface area contributed by atoms with Crippen LogP contribution >= 0.6 is 0 Å². The molecule has 0 bridgehead atoms. The summed E-state index contributed by atoms with van der Waals surface area (Å²) in [5.41, 5.74) is 4.79. The maximum atomic E-state index is 13.2. The number of aromatic nitrogens is 4. The van der Waals surface area contributed by atoms with Crippen LogP contribution in [0.4, 0.5) is 4.39 Å². The Morgan fingerprint density at radius 1 is 1.15 bits per heavy atom. The Labute approximate surface area is 190 Å². The van der Waals surface area contributed by atoms with Crippen LogP contribution in [0.2, 0.25) is 0 Å². The molecule has 2 N–H and O–H groups in total. The lowest BCUT2D eigenvalue weighted by molar-refractivity contribution is 0.0933. The second-order valence-electron chi connectivity index (χ2n) is 8.58. The van der Waals surface area contributed by atoms with Gasteiger partial charge in [0.25, 0.3) is 11.5 Å². The van der Waals surface area contributed by atoms with Crippen molar-refractivity contribution in [3.05, 3.63) is 87.0 Å². The number of carbonyl (C=O) groups is 1. The fraction of sp³-hybridized carbons (Fsp3) is 0.280. The van der Waals surface area contributed by atoms with E-state index >= 15 is 0 Å². The van der Waals surface area contributed by atoms with Crippen LogP contribution in [0, 0.1) is 19.7 Å². The van der Waals surface area contributed by atoms with Gasteiger partial charge in [0.1, 0.15) is 11.3 Å². The summed E-state index contributed by atoms with van der Waals surface area (Å²) in [4.78, 5) is 33.5. The second kappa shape index (κ2) is 8.61. The van der Waals surface area contributed by atoms with Gasteiger partial charge in [0.2, 0.25) is 0 Å². The number of H-pyrrole nitrogens is 1. The quantitative estimate of drug-likeness (QED) is 0.473. The van der Waals surface area contributed by atoms with Crippen molar-refractivity contribution in [2.75, 3.05) is 0 Å². The lowest BCUT2D eigenvalue weighted by Gasteiger charge is -2.14. The van der Waals surface area contributed by atoms with E-state index < -0.39 is 5.91 Å². The van der Waals surface area contributed by atoms with Gasteiger partial charge in [-0.15, -0.1) is 0 Å². The fourth-order valence-corrected chi connectivity index (χ4v) is 3.85. The largest absolute Gasteiger partial charge is 0.344 e. The Balaban J connectivity index is 1.76. The number of carbonyl (C=O) groups excluding carboxylic acids is 1. The molecule has 1 atom stereocenters. The summed E-state index contributed by atoms with van der Waals surface area (Å²) in [6, 6.07) is 7.54. The molecule has 3 aromatic heterocycles. The lowest BCUT2D eigenvalue weighted by Crippen LogP contribution is -2.28. The minimum absolute atomic E-state index is 0.111. The van der Waals surface area contributed by atoms with Crippen LogP contribution in [0.5, 0.6) is 0 Å². The molecule has 0 saturated heterocycles. The highest BCUT2D eigenvalue weighted by atomic mass is 19.1. The van der Waals surface area contributed by atoms with E-state index in [1.165, 1.54) is 16.6 Å². The molecule has 0 aliphatic rings. The van der Waals surface area contributed by atoms with Crippen LogP contribution in [0.3, 0.4) is 0 Å². The molecule has 0 aliphatic heterocycles. The number of hydrogen-bond donors (Lipinski definition) is 2. The summed E-state index contributed by atoms with van der Waals surface area (Å²) in [6.45, 7) is 9.52. The number of nitrogens with one attached hydrogen (secondary N) is 2. The number of aromatic amines is 1. The normalized spacial score (nSPS) is 12.3. The van der Waals surface area contributed by atoms with Gasteiger partial charge in [-0.05, 0) is 56.0 Å². The zero-order valence-electron chi connectivity index (χ0n) is 19.2. The summed E-state index contributed by atoms with van der Waals surface area (Å²) in [7, 11) is 0. The number of aryl methyl sites for hydroxylation is 2. The van der Waals surface area contributed by atoms with Crippen molar-refractivity contribution in [2.45, 2.75) is 46.6 Å². The number of halogens is 1. The zero-order chi connectivity index (χ0) is 23.9. The van der Waals surface area contributed by atoms with Crippen molar-refractivity contribution in [1.29, 1.82) is 0 Å². The molecule has 0 saturated carbocycles. The smallest absolute Gasteiger partial charge is 0.274 e. The van der Waals surface area contributed by atoms with E-state index in [4.69, 9.17) is 0 Å². The molecule has 8 heteroatoms. The Kier molecular flexibility index (Phi) is 5.84. The zero-order valence-corrected chi connectivity index (χ0v) is 19.2. The molecule has 0 unspecified atom stereocenters. The van der Waals surface area contributed by atoms with Gasteiger partial charge < -0.3 is 10.3 Å². The van der Waals surface area contributed by atoms with Crippen LogP contribution in [0.25, 0.3) is 16.8 Å². The molecule has 0 spiro atoms. The molecule has 7 nitrogen and oxygen atoms in total. The van der Waals surface area contributed by atoms with Crippen LogP contribution in [0.15, 0.2) is 47.5 Å². The van der Waals surface area contributed by atoms with Crippen molar-refractivity contribution >= 4 is 11.4 Å². The van der Waals surface area contributed by atoms with E-state index in [-0.39, 0.29) is 29.0 Å². The SMILES string of the molecule is Cc1cc(-c2cn3nc(C(=O)N[C@H](C)c4ccc(F)cc4)c(C(C)C)c3c(=O)[nH]2)cnc1C. The molecule has 1 amide bonds. The van der Waals surface area contributed by atoms with Crippen molar-refractivity contribution in [3.63, 3.8) is 0 Å². The molecule has 0 aliphatic carbocycles. The summed E-state index contributed by atoms with van der Waals surface area (Å²) >= 11 is 0. The minimum Gasteiger partial charge on any atom is -0.344 e. The molecule has 4 aromatic rings. The van der Waals surface area contributed by atoms with E-state index in [9.17, 15) is 14.0 Å². The van der Waals surface area contributed by atoms with E-state index in [2.05, 4.69) is 20.4 Å². The third-order valence-corrected chi connectivity index (χ3v) is 5.82. The average Bonchev–Trinajstić information content (AvgIpc) is 3.17. The highest BCUT2D eigenvalue weighted by Gasteiger charge is 2.25. The van der Waals surface area contributed by atoms with Crippen LogP contribution < -0.4 is 10.9 Å². The highest BCUT2D eigenvalue weighted by molar-refractivity contribution is 5.96. The Bertz CT molecular complexity index is 1400. The molecule has 0 fully saturated rings. The Morgan fingerprint density at radius 3 is 2.48 bits per heavy atom. The van der Waals surface area contributed by atoms with Gasteiger partial charge in [-0.3, -0.25) is 14.6 Å². The summed E-state index contributed by atoms with van der Waals surface area (Å²) in [5, 5.41) is 7.39. The number of benzene rings is 1. The van der Waals surface area contributed by atoms with E-state index in [0.717, 1.165) is 22.4 Å². The topological polar surface area (TPSA) is 92.2 Å². The summed E-state index contributed by atoms with van der Waals surface area (Å²) in [6.07, 6.45) is 3.40. The first kappa shape index (κ1) is 22.4. The predicted molar refractivity (Wildman–Crippen MR) is 125 cm³/mol. The van der Waals surface area contributed by atoms with Crippen molar-refractivity contribution in [1.82, 2.24) is 24.9 Å². The molecule has 33 heavy (non-hydrogen) atoms. The van der Waals surface area contributed by atoms with Crippen LogP contribution in [-0.2, 0) is 0 Å². The van der Waals surface area contributed by atoms with Gasteiger partial charge >= 0.3 is 0 Å². The van der Waals surface area contributed by atoms with E-state index in [0.29, 0.717) is 16.8 Å². The third kappa shape index (κ3) is 4.28. The molecule has 3 heterocycles. The molecule has 4 rings (SSSR count). The number of rotatable bonds is 5. The maximum absolute atomic E-state index is 13.2. The van der Waals surface area contributed by atoms with Gasteiger partial charge in [-0.25, -0.2) is 8.91 Å². The van der Waals surface area contributed by atoms with Gasteiger partial charge in [0, 0.05) is 23.0 Å². The van der Waals surface area contributed by atoms with Gasteiger partial charge in [0.05, 0.1) is 17.9 Å². The maximum Gasteiger partial charge on any atom is 0.274 e. The average molecular weight is 448 g/mol. The Hall–Kier alpha value is -3.81. The molecular weight excluding hydrogens is 421 g/mol. The molecule has 170 valence electrons. The monoisotopic (exact) mass is 447 g/mol. The number of pyridine rings is 1. The number of hydrogen-bond acceptors (Lipinski definition) is 4. The standard InChI is InChI=1S/C25H26FN5O2/c1-13(2)21-22(24(32)28-16(5)17-6-8-19(26)9-7-17)30-31-12-20(29-25(33)23(21)31)18-10-14(3)15(4)27-11-18/h6-13,16H,1-5H3,(H,28,32)(H,29,33)/t16-/m1/s1.